The second-order valence-corrected chi connectivity index (χ2v) is 5.72. The van der Waals surface area contributed by atoms with E-state index in [2.05, 4.69) is 12.2 Å². The summed E-state index contributed by atoms with van der Waals surface area (Å²) in [7, 11) is 0. The Morgan fingerprint density at radius 2 is 2.05 bits per heavy atom. The number of benzene rings is 1. The first-order chi connectivity index (χ1) is 9.48. The highest BCUT2D eigenvalue weighted by molar-refractivity contribution is 5.95. The Bertz CT molecular complexity index is 497. The molecule has 110 valence electrons. The van der Waals surface area contributed by atoms with Gasteiger partial charge in [-0.1, -0.05) is 13.0 Å². The molecule has 0 spiro atoms. The summed E-state index contributed by atoms with van der Waals surface area (Å²) >= 11 is 0. The lowest BCUT2D eigenvalue weighted by atomic mass is 9.70. The molecular weight excluding hydrogens is 262 g/mol. The molecular formula is C15H20F2N2O. The standard InChI is InChI=1S/C15H20F2N2O/c1-10-5-7-15(9-18,8-6-10)14(20)19-12-4-2-3-11(16)13(12)17/h2-4,10H,5-9,18H2,1H3,(H,19,20). The van der Waals surface area contributed by atoms with Crippen LogP contribution in [0.1, 0.15) is 32.6 Å². The molecule has 0 aliphatic heterocycles. The van der Waals surface area contributed by atoms with E-state index in [4.69, 9.17) is 5.73 Å². The molecule has 0 saturated heterocycles. The molecule has 1 aromatic rings. The fourth-order valence-corrected chi connectivity index (χ4v) is 2.69. The van der Waals surface area contributed by atoms with Crippen molar-refractivity contribution in [2.75, 3.05) is 11.9 Å². The summed E-state index contributed by atoms with van der Waals surface area (Å²) in [6, 6.07) is 3.74. The number of hydrogen-bond donors (Lipinski definition) is 2. The van der Waals surface area contributed by atoms with E-state index in [1.165, 1.54) is 12.1 Å². The van der Waals surface area contributed by atoms with E-state index >= 15 is 0 Å². The first-order valence-corrected chi connectivity index (χ1v) is 6.94. The van der Waals surface area contributed by atoms with Crippen LogP contribution in [0.25, 0.3) is 0 Å². The minimum atomic E-state index is -1.03. The number of carbonyl (C=O) groups excluding carboxylic acids is 1. The summed E-state index contributed by atoms with van der Waals surface area (Å²) in [4.78, 5) is 12.4. The number of amides is 1. The van der Waals surface area contributed by atoms with Gasteiger partial charge in [0.05, 0.1) is 11.1 Å². The maximum absolute atomic E-state index is 13.6. The minimum absolute atomic E-state index is 0.124. The summed E-state index contributed by atoms with van der Waals surface area (Å²) in [5, 5.41) is 2.49. The van der Waals surface area contributed by atoms with E-state index in [-0.39, 0.29) is 18.1 Å². The Kier molecular flexibility index (Phi) is 4.38. The molecule has 0 aromatic heterocycles. The normalized spacial score (nSPS) is 26.3. The van der Waals surface area contributed by atoms with E-state index in [9.17, 15) is 13.6 Å². The third kappa shape index (κ3) is 2.82. The molecule has 0 atom stereocenters. The quantitative estimate of drug-likeness (QED) is 0.895. The van der Waals surface area contributed by atoms with Crippen LogP contribution < -0.4 is 11.1 Å². The van der Waals surface area contributed by atoms with Gasteiger partial charge in [-0.25, -0.2) is 8.78 Å². The molecule has 3 nitrogen and oxygen atoms in total. The molecule has 0 heterocycles. The zero-order valence-corrected chi connectivity index (χ0v) is 11.6. The molecule has 0 radical (unpaired) electrons. The van der Waals surface area contributed by atoms with Gasteiger partial charge in [0.15, 0.2) is 11.6 Å². The Balaban J connectivity index is 2.16. The zero-order chi connectivity index (χ0) is 14.8. The van der Waals surface area contributed by atoms with Gasteiger partial charge in [-0.15, -0.1) is 0 Å². The molecule has 0 bridgehead atoms. The first-order valence-electron chi connectivity index (χ1n) is 6.94. The highest BCUT2D eigenvalue weighted by Crippen LogP contribution is 2.39. The predicted molar refractivity (Wildman–Crippen MR) is 74.1 cm³/mol. The van der Waals surface area contributed by atoms with Gasteiger partial charge in [0.1, 0.15) is 0 Å². The van der Waals surface area contributed by atoms with Crippen LogP contribution in [0.4, 0.5) is 14.5 Å². The SMILES string of the molecule is CC1CCC(CN)(C(=O)Nc2cccc(F)c2F)CC1. The van der Waals surface area contributed by atoms with Crippen LogP contribution in [0.15, 0.2) is 18.2 Å². The van der Waals surface area contributed by atoms with Gasteiger partial charge in [0, 0.05) is 6.54 Å². The summed E-state index contributed by atoms with van der Waals surface area (Å²) in [5.74, 6) is -1.73. The van der Waals surface area contributed by atoms with E-state index in [0.717, 1.165) is 18.9 Å². The number of rotatable bonds is 3. The molecule has 1 aliphatic rings. The van der Waals surface area contributed by atoms with Crippen LogP contribution in [0.2, 0.25) is 0 Å². The highest BCUT2D eigenvalue weighted by Gasteiger charge is 2.40. The second-order valence-electron chi connectivity index (χ2n) is 5.72. The second kappa shape index (κ2) is 5.87. The molecule has 1 aliphatic carbocycles. The fraction of sp³-hybridized carbons (Fsp3) is 0.533. The first kappa shape index (κ1) is 14.9. The Morgan fingerprint density at radius 1 is 1.40 bits per heavy atom. The van der Waals surface area contributed by atoms with Gasteiger partial charge in [0.25, 0.3) is 0 Å². The molecule has 3 N–H and O–H groups in total. The van der Waals surface area contributed by atoms with Crippen molar-refractivity contribution in [1.29, 1.82) is 0 Å². The number of hydrogen-bond acceptors (Lipinski definition) is 2. The molecule has 20 heavy (non-hydrogen) atoms. The summed E-state index contributed by atoms with van der Waals surface area (Å²) in [6.07, 6.45) is 3.23. The fourth-order valence-electron chi connectivity index (χ4n) is 2.69. The monoisotopic (exact) mass is 282 g/mol. The van der Waals surface area contributed by atoms with Crippen molar-refractivity contribution >= 4 is 11.6 Å². The van der Waals surface area contributed by atoms with Crippen molar-refractivity contribution in [3.05, 3.63) is 29.8 Å². The third-order valence-corrected chi connectivity index (χ3v) is 4.30. The van der Waals surface area contributed by atoms with Crippen LogP contribution in [0.3, 0.4) is 0 Å². The average Bonchev–Trinajstić information content (AvgIpc) is 2.45. The predicted octanol–water partition coefficient (Wildman–Crippen LogP) is 3.06. The van der Waals surface area contributed by atoms with E-state index in [1.54, 1.807) is 0 Å². The molecule has 1 fully saturated rings. The smallest absolute Gasteiger partial charge is 0.231 e. The number of carbonyl (C=O) groups is 1. The summed E-state index contributed by atoms with van der Waals surface area (Å²) < 4.78 is 26.7. The van der Waals surface area contributed by atoms with E-state index in [0.29, 0.717) is 18.8 Å². The van der Waals surface area contributed by atoms with Crippen molar-refractivity contribution in [2.24, 2.45) is 17.1 Å². The lowest BCUT2D eigenvalue weighted by Gasteiger charge is -2.37. The van der Waals surface area contributed by atoms with Crippen molar-refractivity contribution in [3.63, 3.8) is 0 Å². The van der Waals surface area contributed by atoms with Gasteiger partial charge < -0.3 is 11.1 Å². The highest BCUT2D eigenvalue weighted by atomic mass is 19.2. The van der Waals surface area contributed by atoms with Crippen LogP contribution >= 0.6 is 0 Å². The lowest BCUT2D eigenvalue weighted by molar-refractivity contribution is -0.127. The average molecular weight is 282 g/mol. The van der Waals surface area contributed by atoms with Gasteiger partial charge in [0.2, 0.25) is 5.91 Å². The van der Waals surface area contributed by atoms with Crippen LogP contribution in [0, 0.1) is 23.0 Å². The van der Waals surface area contributed by atoms with Crippen LogP contribution in [-0.2, 0) is 4.79 Å². The lowest BCUT2D eigenvalue weighted by Crippen LogP contribution is -2.45. The Hall–Kier alpha value is -1.49. The maximum atomic E-state index is 13.6. The van der Waals surface area contributed by atoms with Crippen molar-refractivity contribution in [3.8, 4) is 0 Å². The number of anilines is 1. The summed E-state index contributed by atoms with van der Waals surface area (Å²) in [6.45, 7) is 2.37. The largest absolute Gasteiger partial charge is 0.329 e. The van der Waals surface area contributed by atoms with Gasteiger partial charge in [-0.2, -0.15) is 0 Å². The molecule has 1 aromatic carbocycles. The topological polar surface area (TPSA) is 55.1 Å². The zero-order valence-electron chi connectivity index (χ0n) is 11.6. The van der Waals surface area contributed by atoms with Gasteiger partial charge in [-0.05, 0) is 43.7 Å². The van der Waals surface area contributed by atoms with Gasteiger partial charge in [-0.3, -0.25) is 4.79 Å². The van der Waals surface area contributed by atoms with Crippen molar-refractivity contribution in [2.45, 2.75) is 32.6 Å². The van der Waals surface area contributed by atoms with Crippen LogP contribution in [0.5, 0.6) is 0 Å². The molecule has 2 rings (SSSR count). The number of halogens is 2. The maximum Gasteiger partial charge on any atom is 0.231 e. The molecule has 1 saturated carbocycles. The van der Waals surface area contributed by atoms with Gasteiger partial charge >= 0.3 is 0 Å². The van der Waals surface area contributed by atoms with E-state index < -0.39 is 17.0 Å². The Morgan fingerprint density at radius 3 is 2.65 bits per heavy atom. The van der Waals surface area contributed by atoms with Crippen LogP contribution in [-0.4, -0.2) is 12.5 Å². The minimum Gasteiger partial charge on any atom is -0.329 e. The number of nitrogens with one attached hydrogen (secondary N) is 1. The Labute approximate surface area is 117 Å². The van der Waals surface area contributed by atoms with E-state index in [1.807, 2.05) is 0 Å². The molecule has 1 amide bonds. The van der Waals surface area contributed by atoms with Crippen molar-refractivity contribution < 1.29 is 13.6 Å². The van der Waals surface area contributed by atoms with Crippen molar-refractivity contribution in [1.82, 2.24) is 0 Å². The third-order valence-electron chi connectivity index (χ3n) is 4.30. The molecule has 5 heteroatoms. The molecule has 0 unspecified atom stereocenters. The number of nitrogens with two attached hydrogens (primary N) is 1. The summed E-state index contributed by atoms with van der Waals surface area (Å²) in [5.41, 5.74) is 4.99.